The maximum atomic E-state index is 13.2. The molecule has 1 aliphatic heterocycles. The van der Waals surface area contributed by atoms with E-state index >= 15 is 0 Å². The van der Waals surface area contributed by atoms with Crippen molar-refractivity contribution in [1.29, 1.82) is 0 Å². The van der Waals surface area contributed by atoms with Gasteiger partial charge in [0.25, 0.3) is 5.56 Å². The number of carbonyl (C=O) groups excluding carboxylic acids is 1. The Morgan fingerprint density at radius 2 is 2.24 bits per heavy atom. The topological polar surface area (TPSA) is 78.2 Å². The number of hydrogen-bond acceptors (Lipinski definition) is 3. The molecule has 134 valence electrons. The molecule has 3 rings (SSSR count). The van der Waals surface area contributed by atoms with Gasteiger partial charge in [-0.05, 0) is 31.9 Å². The Hall–Kier alpha value is -2.57. The average Bonchev–Trinajstić information content (AvgIpc) is 2.92. The minimum absolute atomic E-state index is 0.0522. The van der Waals surface area contributed by atoms with Gasteiger partial charge in [0, 0.05) is 36.3 Å². The molecule has 6 nitrogen and oxygen atoms in total. The van der Waals surface area contributed by atoms with Gasteiger partial charge in [-0.25, -0.2) is 4.39 Å². The number of piperidine rings is 1. The zero-order chi connectivity index (χ0) is 17.8. The molecule has 1 aliphatic rings. The number of nitrogens with zero attached hydrogens (tertiary/aromatic N) is 1. The lowest BCUT2D eigenvalue weighted by atomic mass is 9.98. The van der Waals surface area contributed by atoms with Crippen molar-refractivity contribution < 1.29 is 13.9 Å². The molecule has 1 aromatic carbocycles. The number of carbonyl (C=O) groups is 1. The van der Waals surface area contributed by atoms with Crippen molar-refractivity contribution >= 4 is 5.91 Å². The number of likely N-dealkylation sites (tertiary alicyclic amines) is 1. The molecule has 0 aliphatic carbocycles. The van der Waals surface area contributed by atoms with E-state index in [1.165, 1.54) is 12.1 Å². The number of nitrogens with one attached hydrogen (secondary N) is 2. The van der Waals surface area contributed by atoms with Crippen LogP contribution in [0.1, 0.15) is 24.1 Å². The molecular formula is C18H22FN3O3. The second-order valence-corrected chi connectivity index (χ2v) is 6.48. The second-order valence-electron chi connectivity index (χ2n) is 6.48. The summed E-state index contributed by atoms with van der Waals surface area (Å²) >= 11 is 0. The maximum Gasteiger partial charge on any atom is 0.267 e. The van der Waals surface area contributed by atoms with Crippen LogP contribution < -0.4 is 10.3 Å². The fraction of sp³-hybridized carbons (Fsp3) is 0.444. The Balaban J connectivity index is 1.55. The van der Waals surface area contributed by atoms with E-state index in [1.54, 1.807) is 24.0 Å². The average molecular weight is 347 g/mol. The van der Waals surface area contributed by atoms with Gasteiger partial charge in [0.1, 0.15) is 11.6 Å². The number of amides is 1. The number of aromatic nitrogens is 2. The highest BCUT2D eigenvalue weighted by atomic mass is 19.1. The molecule has 1 amide bonds. The van der Waals surface area contributed by atoms with Crippen LogP contribution in [0.2, 0.25) is 0 Å². The first-order valence-electron chi connectivity index (χ1n) is 8.45. The second kappa shape index (κ2) is 7.55. The minimum atomic E-state index is -0.329. The molecule has 1 aromatic heterocycles. The Labute approximate surface area is 145 Å². The fourth-order valence-electron chi connectivity index (χ4n) is 3.15. The predicted octanol–water partition coefficient (Wildman–Crippen LogP) is 2.01. The van der Waals surface area contributed by atoms with Gasteiger partial charge in [0.2, 0.25) is 5.91 Å². The Morgan fingerprint density at radius 3 is 2.96 bits per heavy atom. The van der Waals surface area contributed by atoms with E-state index in [2.05, 4.69) is 10.2 Å². The molecule has 0 radical (unpaired) electrons. The summed E-state index contributed by atoms with van der Waals surface area (Å²) in [6.07, 6.45) is 1.95. The van der Waals surface area contributed by atoms with Crippen molar-refractivity contribution in [2.24, 2.45) is 5.92 Å². The van der Waals surface area contributed by atoms with Gasteiger partial charge in [0.15, 0.2) is 0 Å². The molecule has 2 N–H and O–H groups in total. The van der Waals surface area contributed by atoms with Crippen molar-refractivity contribution in [1.82, 2.24) is 15.1 Å². The van der Waals surface area contributed by atoms with Crippen LogP contribution in [0.15, 0.2) is 29.1 Å². The zero-order valence-corrected chi connectivity index (χ0v) is 14.2. The van der Waals surface area contributed by atoms with E-state index in [4.69, 9.17) is 4.74 Å². The van der Waals surface area contributed by atoms with E-state index in [9.17, 15) is 14.0 Å². The summed E-state index contributed by atoms with van der Waals surface area (Å²) in [6, 6.07) is 6.05. The van der Waals surface area contributed by atoms with Crippen LogP contribution in [-0.2, 0) is 11.2 Å². The van der Waals surface area contributed by atoms with Gasteiger partial charge in [-0.3, -0.25) is 14.7 Å². The van der Waals surface area contributed by atoms with Crippen LogP contribution in [0, 0.1) is 18.7 Å². The maximum absolute atomic E-state index is 13.2. The van der Waals surface area contributed by atoms with E-state index < -0.39 is 0 Å². The molecule has 2 aromatic rings. The third-order valence-electron chi connectivity index (χ3n) is 4.57. The summed E-state index contributed by atoms with van der Waals surface area (Å²) in [6.45, 7) is 3.50. The van der Waals surface area contributed by atoms with Gasteiger partial charge in [-0.1, -0.05) is 6.07 Å². The van der Waals surface area contributed by atoms with Crippen molar-refractivity contribution in [3.05, 3.63) is 51.7 Å². The number of aromatic amines is 2. The van der Waals surface area contributed by atoms with Crippen molar-refractivity contribution in [2.45, 2.75) is 26.2 Å². The largest absolute Gasteiger partial charge is 0.493 e. The highest BCUT2D eigenvalue weighted by Gasteiger charge is 2.25. The third kappa shape index (κ3) is 4.29. The van der Waals surface area contributed by atoms with Crippen LogP contribution in [0.4, 0.5) is 4.39 Å². The van der Waals surface area contributed by atoms with Crippen LogP contribution in [0.25, 0.3) is 0 Å². The molecule has 0 spiro atoms. The van der Waals surface area contributed by atoms with Crippen LogP contribution >= 0.6 is 0 Å². The molecule has 1 fully saturated rings. The smallest absolute Gasteiger partial charge is 0.267 e. The van der Waals surface area contributed by atoms with E-state index in [0.29, 0.717) is 36.7 Å². The van der Waals surface area contributed by atoms with E-state index in [-0.39, 0.29) is 29.6 Å². The Bertz CT molecular complexity index is 799. The number of benzene rings is 1. The molecule has 1 saturated heterocycles. The lowest BCUT2D eigenvalue weighted by Crippen LogP contribution is -2.42. The third-order valence-corrected chi connectivity index (χ3v) is 4.57. The quantitative estimate of drug-likeness (QED) is 0.868. The van der Waals surface area contributed by atoms with Crippen LogP contribution in [-0.4, -0.2) is 40.7 Å². The zero-order valence-electron chi connectivity index (χ0n) is 14.2. The summed E-state index contributed by atoms with van der Waals surface area (Å²) in [7, 11) is 0. The van der Waals surface area contributed by atoms with Gasteiger partial charge in [-0.15, -0.1) is 0 Å². The molecule has 2 heterocycles. The van der Waals surface area contributed by atoms with Gasteiger partial charge in [-0.2, -0.15) is 0 Å². The number of halogens is 1. The summed E-state index contributed by atoms with van der Waals surface area (Å²) in [5.74, 6) is 0.318. The van der Waals surface area contributed by atoms with Crippen molar-refractivity contribution in [3.63, 3.8) is 0 Å². The Morgan fingerprint density at radius 1 is 1.40 bits per heavy atom. The van der Waals surface area contributed by atoms with Crippen LogP contribution in [0.3, 0.4) is 0 Å². The lowest BCUT2D eigenvalue weighted by Gasteiger charge is -2.32. The Kier molecular flexibility index (Phi) is 5.21. The summed E-state index contributed by atoms with van der Waals surface area (Å²) in [5, 5.41) is 5.23. The highest BCUT2D eigenvalue weighted by Crippen LogP contribution is 2.20. The first kappa shape index (κ1) is 17.3. The van der Waals surface area contributed by atoms with Crippen molar-refractivity contribution in [2.75, 3.05) is 19.7 Å². The first-order valence-corrected chi connectivity index (χ1v) is 8.45. The van der Waals surface area contributed by atoms with E-state index in [1.807, 2.05) is 0 Å². The number of H-pyrrole nitrogens is 2. The summed E-state index contributed by atoms with van der Waals surface area (Å²) in [4.78, 5) is 26.0. The number of rotatable bonds is 5. The first-order chi connectivity index (χ1) is 12.0. The molecule has 1 unspecified atom stereocenters. The van der Waals surface area contributed by atoms with Crippen molar-refractivity contribution in [3.8, 4) is 5.75 Å². The minimum Gasteiger partial charge on any atom is -0.493 e. The number of aryl methyl sites for hydroxylation is 1. The molecule has 25 heavy (non-hydrogen) atoms. The highest BCUT2D eigenvalue weighted by molar-refractivity contribution is 5.79. The standard InChI is InChI=1S/C18H22FN3O3/c1-12-16(18(24)21-20-12)9-17(23)22-7-3-4-13(10-22)11-25-15-6-2-5-14(19)8-15/h2,5-6,8,13H,3-4,7,9-11H2,1H3,(H2,20,21,24). The molecule has 0 bridgehead atoms. The van der Waals surface area contributed by atoms with Gasteiger partial charge >= 0.3 is 0 Å². The van der Waals surface area contributed by atoms with E-state index in [0.717, 1.165) is 12.8 Å². The normalized spacial score (nSPS) is 17.5. The molecule has 0 saturated carbocycles. The fourth-order valence-corrected chi connectivity index (χ4v) is 3.15. The number of ether oxygens (including phenoxy) is 1. The monoisotopic (exact) mass is 347 g/mol. The summed E-state index contributed by atoms with van der Waals surface area (Å²) in [5.41, 5.74) is 0.943. The van der Waals surface area contributed by atoms with Crippen LogP contribution in [0.5, 0.6) is 5.75 Å². The molecule has 7 heteroatoms. The van der Waals surface area contributed by atoms with Gasteiger partial charge < -0.3 is 14.7 Å². The SMILES string of the molecule is Cc1[nH][nH]c(=O)c1CC(=O)N1CCCC(COc2cccc(F)c2)C1. The predicted molar refractivity (Wildman–Crippen MR) is 91.1 cm³/mol. The number of hydrogen-bond donors (Lipinski definition) is 2. The molecule has 1 atom stereocenters. The molecular weight excluding hydrogens is 325 g/mol. The summed E-state index contributed by atoms with van der Waals surface area (Å²) < 4.78 is 18.8. The lowest BCUT2D eigenvalue weighted by molar-refractivity contribution is -0.132. The van der Waals surface area contributed by atoms with Gasteiger partial charge in [0.05, 0.1) is 13.0 Å².